The topological polar surface area (TPSA) is 313 Å². The molecule has 246 valence electrons. The number of hydrogen-bond donors (Lipinski definition) is 11. The Balaban J connectivity index is 1.49. The molecule has 4 fully saturated rings. The van der Waals surface area contributed by atoms with Crippen molar-refractivity contribution in [1.29, 1.82) is 0 Å². The summed E-state index contributed by atoms with van der Waals surface area (Å²) >= 11 is 0. The second-order valence-electron chi connectivity index (χ2n) is 12.5. The van der Waals surface area contributed by atoms with Crippen LogP contribution in [0.2, 0.25) is 0 Å². The molecule has 3 heterocycles. The molecule has 4 aliphatic rings. The predicted octanol–water partition coefficient (Wildman–Crippen LogP) is -6.06. The van der Waals surface area contributed by atoms with E-state index < -0.39 is 110 Å². The van der Waals surface area contributed by atoms with Gasteiger partial charge in [-0.25, -0.2) is 0 Å². The van der Waals surface area contributed by atoms with Crippen LogP contribution in [0.1, 0.15) is 33.1 Å². The molecule has 0 aromatic carbocycles. The lowest BCUT2D eigenvalue weighted by atomic mass is 9.84. The van der Waals surface area contributed by atoms with Gasteiger partial charge in [-0.3, -0.25) is 0 Å². The highest BCUT2D eigenvalue weighted by atomic mass is 16.8. The standard InChI is InChI=1S/C25H50N6O11/c1-25(2,31)13-4-3-8(27)22(39-13)40-19-10(29)5-9(28)15(33)21(19)42-24-18(36)20(12(7-32)38-24)41-23-14(30)17(35)16(34)11(6-26)37-23/h8-24,32-36H,3-7,26-31H2,1-2H3. The Morgan fingerprint density at radius 3 is 1.93 bits per heavy atom. The molecule has 17 atom stereocenters. The summed E-state index contributed by atoms with van der Waals surface area (Å²) in [7, 11) is 0. The molecule has 0 bridgehead atoms. The van der Waals surface area contributed by atoms with E-state index in [-0.39, 0.29) is 19.1 Å². The molecular formula is C25H50N6O11. The van der Waals surface area contributed by atoms with Crippen molar-refractivity contribution in [2.24, 2.45) is 34.4 Å². The Morgan fingerprint density at radius 2 is 1.31 bits per heavy atom. The second kappa shape index (κ2) is 13.8. The van der Waals surface area contributed by atoms with Crippen molar-refractivity contribution in [3.8, 4) is 0 Å². The van der Waals surface area contributed by atoms with Gasteiger partial charge in [-0.15, -0.1) is 0 Å². The van der Waals surface area contributed by atoms with E-state index in [1.165, 1.54) is 0 Å². The van der Waals surface area contributed by atoms with Gasteiger partial charge in [0.2, 0.25) is 0 Å². The smallest absolute Gasteiger partial charge is 0.187 e. The maximum atomic E-state index is 11.2. The van der Waals surface area contributed by atoms with Crippen molar-refractivity contribution < 1.29 is 54.0 Å². The fourth-order valence-electron chi connectivity index (χ4n) is 5.96. The van der Waals surface area contributed by atoms with Gasteiger partial charge in [0, 0.05) is 24.2 Å². The van der Waals surface area contributed by atoms with Crippen LogP contribution >= 0.6 is 0 Å². The summed E-state index contributed by atoms with van der Waals surface area (Å²) in [5.74, 6) is 0. The molecule has 17 N–H and O–H groups in total. The van der Waals surface area contributed by atoms with E-state index in [4.69, 9.17) is 62.8 Å². The molecule has 3 aliphatic heterocycles. The van der Waals surface area contributed by atoms with E-state index in [0.717, 1.165) is 0 Å². The maximum absolute atomic E-state index is 11.2. The Hall–Kier alpha value is -0.680. The van der Waals surface area contributed by atoms with E-state index in [9.17, 15) is 25.5 Å². The molecule has 4 rings (SSSR count). The summed E-state index contributed by atoms with van der Waals surface area (Å²) in [4.78, 5) is 0. The lowest BCUT2D eigenvalue weighted by molar-refractivity contribution is -0.292. The minimum absolute atomic E-state index is 0.136. The first-order valence-electron chi connectivity index (χ1n) is 14.4. The number of rotatable bonds is 9. The molecule has 0 aromatic rings. The summed E-state index contributed by atoms with van der Waals surface area (Å²) in [6, 6.07) is -3.19. The van der Waals surface area contributed by atoms with E-state index in [1.807, 2.05) is 13.8 Å². The average molecular weight is 611 g/mol. The predicted molar refractivity (Wildman–Crippen MR) is 145 cm³/mol. The van der Waals surface area contributed by atoms with Crippen LogP contribution in [-0.2, 0) is 28.4 Å². The van der Waals surface area contributed by atoms with Crippen LogP contribution in [0.25, 0.3) is 0 Å². The van der Waals surface area contributed by atoms with Crippen molar-refractivity contribution in [3.63, 3.8) is 0 Å². The molecular weight excluding hydrogens is 560 g/mol. The largest absolute Gasteiger partial charge is 0.394 e. The third-order valence-electron chi connectivity index (χ3n) is 8.63. The summed E-state index contributed by atoms with van der Waals surface area (Å²) < 4.78 is 35.6. The van der Waals surface area contributed by atoms with Crippen molar-refractivity contribution >= 4 is 0 Å². The Labute approximate surface area is 244 Å². The van der Waals surface area contributed by atoms with E-state index in [0.29, 0.717) is 12.8 Å². The molecule has 0 aromatic heterocycles. The zero-order valence-corrected chi connectivity index (χ0v) is 24.0. The van der Waals surface area contributed by atoms with Gasteiger partial charge in [0.25, 0.3) is 0 Å². The minimum Gasteiger partial charge on any atom is -0.394 e. The molecule has 17 nitrogen and oxygen atoms in total. The van der Waals surface area contributed by atoms with Crippen LogP contribution in [0.15, 0.2) is 0 Å². The van der Waals surface area contributed by atoms with Gasteiger partial charge in [0.15, 0.2) is 18.9 Å². The highest BCUT2D eigenvalue weighted by Gasteiger charge is 2.53. The van der Waals surface area contributed by atoms with Gasteiger partial charge in [-0.05, 0) is 33.1 Å². The van der Waals surface area contributed by atoms with Gasteiger partial charge >= 0.3 is 0 Å². The number of aliphatic hydroxyl groups excluding tert-OH is 5. The number of hydrogen-bond acceptors (Lipinski definition) is 17. The van der Waals surface area contributed by atoms with Crippen molar-refractivity contribution in [3.05, 3.63) is 0 Å². The van der Waals surface area contributed by atoms with Crippen LogP contribution in [0.4, 0.5) is 0 Å². The third kappa shape index (κ3) is 7.08. The molecule has 3 saturated heterocycles. The number of ether oxygens (including phenoxy) is 6. The molecule has 17 unspecified atom stereocenters. The second-order valence-corrected chi connectivity index (χ2v) is 12.5. The SMILES string of the molecule is CC(C)(N)C1CCC(N)C(OC2C(N)CC(N)C(O)C2OC2OC(CO)C(OC3OC(CN)C(O)C(O)C3N)C2O)O1. The maximum Gasteiger partial charge on any atom is 0.187 e. The van der Waals surface area contributed by atoms with Crippen LogP contribution in [0.3, 0.4) is 0 Å². The normalized spacial score (nSPS) is 50.6. The summed E-state index contributed by atoms with van der Waals surface area (Å²) in [6.45, 7) is 2.95. The molecule has 0 spiro atoms. The molecule has 17 heteroatoms. The van der Waals surface area contributed by atoms with E-state index in [1.54, 1.807) is 0 Å². The third-order valence-corrected chi connectivity index (χ3v) is 8.63. The van der Waals surface area contributed by atoms with Gasteiger partial charge in [-0.2, -0.15) is 0 Å². The van der Waals surface area contributed by atoms with E-state index >= 15 is 0 Å². The summed E-state index contributed by atoms with van der Waals surface area (Å²) in [5.41, 5.74) is 36.1. The van der Waals surface area contributed by atoms with Crippen molar-refractivity contribution in [2.75, 3.05) is 13.2 Å². The van der Waals surface area contributed by atoms with Crippen LogP contribution in [0.5, 0.6) is 0 Å². The zero-order chi connectivity index (χ0) is 31.1. The fraction of sp³-hybridized carbons (Fsp3) is 1.00. The fourth-order valence-corrected chi connectivity index (χ4v) is 5.96. The summed E-state index contributed by atoms with van der Waals surface area (Å²) in [5, 5.41) is 52.7. The van der Waals surface area contributed by atoms with Crippen molar-refractivity contribution in [2.45, 2.75) is 143 Å². The van der Waals surface area contributed by atoms with Crippen LogP contribution < -0.4 is 34.4 Å². The highest BCUT2D eigenvalue weighted by molar-refractivity contribution is 5.01. The quantitative estimate of drug-likeness (QED) is 0.116. The molecule has 0 radical (unpaired) electrons. The molecule has 1 saturated carbocycles. The monoisotopic (exact) mass is 610 g/mol. The van der Waals surface area contributed by atoms with Crippen LogP contribution in [0, 0.1) is 0 Å². The van der Waals surface area contributed by atoms with Crippen molar-refractivity contribution in [1.82, 2.24) is 0 Å². The van der Waals surface area contributed by atoms with Gasteiger partial charge < -0.3 is 88.4 Å². The van der Waals surface area contributed by atoms with Gasteiger partial charge in [0.05, 0.1) is 30.9 Å². The Bertz CT molecular complexity index is 873. The minimum atomic E-state index is -1.53. The molecule has 42 heavy (non-hydrogen) atoms. The Kier molecular flexibility index (Phi) is 11.2. The summed E-state index contributed by atoms with van der Waals surface area (Å²) in [6.07, 6.45) is -13.7. The first-order chi connectivity index (χ1) is 19.7. The lowest BCUT2D eigenvalue weighted by Crippen LogP contribution is -2.66. The molecule has 1 aliphatic carbocycles. The highest BCUT2D eigenvalue weighted by Crippen LogP contribution is 2.34. The molecule has 0 amide bonds. The van der Waals surface area contributed by atoms with Gasteiger partial charge in [0.1, 0.15) is 48.8 Å². The first-order valence-corrected chi connectivity index (χ1v) is 14.4. The van der Waals surface area contributed by atoms with Crippen LogP contribution in [-0.4, -0.2) is 148 Å². The average Bonchev–Trinajstić information content (AvgIpc) is 3.23. The first kappa shape index (κ1) is 34.2. The number of nitrogens with two attached hydrogens (primary N) is 6. The lowest BCUT2D eigenvalue weighted by Gasteiger charge is -2.47. The Morgan fingerprint density at radius 1 is 0.690 bits per heavy atom. The van der Waals surface area contributed by atoms with E-state index in [2.05, 4.69) is 0 Å². The van der Waals surface area contributed by atoms with Gasteiger partial charge in [-0.1, -0.05) is 0 Å². The number of aliphatic hydroxyl groups is 5. The zero-order valence-electron chi connectivity index (χ0n) is 24.0.